The normalized spacial score (nSPS) is 40.6. The third kappa shape index (κ3) is 3.87. The predicted octanol–water partition coefficient (Wildman–Crippen LogP) is 5.81. The van der Waals surface area contributed by atoms with Crippen LogP contribution in [0.3, 0.4) is 0 Å². The first kappa shape index (κ1) is 22.2. The Bertz CT molecular complexity index is 772. The smallest absolute Gasteiger partial charge is 0.435 e. The van der Waals surface area contributed by atoms with E-state index in [2.05, 4.69) is 26.0 Å². The van der Waals surface area contributed by atoms with Crippen LogP contribution in [0.25, 0.3) is 0 Å². The number of allylic oxidation sites excluding steroid dienone is 2. The predicted molar refractivity (Wildman–Crippen MR) is 115 cm³/mol. The van der Waals surface area contributed by atoms with E-state index in [1.54, 1.807) is 13.8 Å². The topological polar surface area (TPSA) is 71.1 Å². The molecule has 0 spiro atoms. The van der Waals surface area contributed by atoms with Gasteiger partial charge in [-0.1, -0.05) is 25.5 Å². The monoisotopic (exact) mass is 432 g/mol. The van der Waals surface area contributed by atoms with Crippen molar-refractivity contribution in [3.63, 3.8) is 0 Å². The van der Waals surface area contributed by atoms with Gasteiger partial charge in [0, 0.05) is 10.8 Å². The van der Waals surface area contributed by atoms with Crippen LogP contribution in [-0.2, 0) is 18.9 Å². The molecule has 7 atom stereocenters. The lowest BCUT2D eigenvalue weighted by atomic mass is 9.48. The third-order valence-corrected chi connectivity index (χ3v) is 8.55. The van der Waals surface area contributed by atoms with Crippen molar-refractivity contribution in [1.29, 1.82) is 0 Å². The summed E-state index contributed by atoms with van der Waals surface area (Å²) in [6.45, 7) is 8.90. The molecular formula is C25H36O6. The minimum Gasteiger partial charge on any atom is -0.435 e. The molecule has 0 saturated heterocycles. The number of rotatable bonds is 4. The maximum absolute atomic E-state index is 12.0. The fourth-order valence-electron chi connectivity index (χ4n) is 7.06. The Morgan fingerprint density at radius 1 is 0.968 bits per heavy atom. The van der Waals surface area contributed by atoms with Crippen molar-refractivity contribution in [3.8, 4) is 0 Å². The second-order valence-electron chi connectivity index (χ2n) is 9.93. The summed E-state index contributed by atoms with van der Waals surface area (Å²) in [7, 11) is 0. The molecule has 31 heavy (non-hydrogen) atoms. The van der Waals surface area contributed by atoms with Crippen LogP contribution in [0.1, 0.15) is 66.2 Å². The van der Waals surface area contributed by atoms with Gasteiger partial charge in [0.1, 0.15) is 12.2 Å². The van der Waals surface area contributed by atoms with Crippen molar-refractivity contribution in [1.82, 2.24) is 0 Å². The van der Waals surface area contributed by atoms with Gasteiger partial charge in [-0.2, -0.15) is 0 Å². The number of ether oxygens (including phenoxy) is 4. The molecule has 4 aliphatic rings. The van der Waals surface area contributed by atoms with Crippen molar-refractivity contribution in [2.24, 2.45) is 28.6 Å². The lowest BCUT2D eigenvalue weighted by Gasteiger charge is -2.56. The SMILES string of the molecule is CCOC(=O)OC1C=C[C@@]2(C)C(=C1)CC[C@@H]1[C@@H]2CC[C@]2(C)C(OC(=O)OCC)CC[C@@H]12. The van der Waals surface area contributed by atoms with Crippen molar-refractivity contribution in [3.05, 3.63) is 23.8 Å². The van der Waals surface area contributed by atoms with E-state index in [0.717, 1.165) is 38.5 Å². The zero-order chi connectivity index (χ0) is 22.2. The van der Waals surface area contributed by atoms with Gasteiger partial charge in [-0.15, -0.1) is 0 Å². The van der Waals surface area contributed by atoms with Crippen LogP contribution in [0.4, 0.5) is 9.59 Å². The van der Waals surface area contributed by atoms with Gasteiger partial charge in [0.2, 0.25) is 0 Å². The Morgan fingerprint density at radius 2 is 1.68 bits per heavy atom. The molecule has 0 aliphatic heterocycles. The summed E-state index contributed by atoms with van der Waals surface area (Å²) >= 11 is 0. The lowest BCUT2D eigenvalue weighted by molar-refractivity contribution is -0.0782. The molecule has 0 aromatic rings. The van der Waals surface area contributed by atoms with E-state index in [0.29, 0.717) is 31.0 Å². The van der Waals surface area contributed by atoms with E-state index < -0.39 is 12.3 Å². The van der Waals surface area contributed by atoms with Crippen LogP contribution in [0, 0.1) is 28.6 Å². The molecule has 0 N–H and O–H groups in total. The van der Waals surface area contributed by atoms with Gasteiger partial charge in [-0.3, -0.25) is 0 Å². The fourth-order valence-corrected chi connectivity index (χ4v) is 7.06. The van der Waals surface area contributed by atoms with Gasteiger partial charge in [0.05, 0.1) is 13.2 Å². The third-order valence-electron chi connectivity index (χ3n) is 8.55. The van der Waals surface area contributed by atoms with Gasteiger partial charge in [0.15, 0.2) is 0 Å². The van der Waals surface area contributed by atoms with Crippen LogP contribution in [-0.4, -0.2) is 37.7 Å². The lowest BCUT2D eigenvalue weighted by Crippen LogP contribution is -2.51. The summed E-state index contributed by atoms with van der Waals surface area (Å²) < 4.78 is 21.2. The zero-order valence-corrected chi connectivity index (χ0v) is 19.2. The first-order valence-corrected chi connectivity index (χ1v) is 11.9. The molecule has 172 valence electrons. The van der Waals surface area contributed by atoms with Crippen LogP contribution in [0.5, 0.6) is 0 Å². The minimum atomic E-state index is -0.613. The largest absolute Gasteiger partial charge is 0.509 e. The van der Waals surface area contributed by atoms with Crippen LogP contribution in [0.15, 0.2) is 23.8 Å². The number of carbonyl (C=O) groups excluding carboxylic acids is 2. The van der Waals surface area contributed by atoms with Crippen molar-refractivity contribution >= 4 is 12.3 Å². The minimum absolute atomic E-state index is 0.00114. The fraction of sp³-hybridized carbons (Fsp3) is 0.760. The first-order chi connectivity index (χ1) is 14.8. The highest BCUT2D eigenvalue weighted by molar-refractivity contribution is 5.61. The highest BCUT2D eigenvalue weighted by atomic mass is 16.7. The molecule has 0 bridgehead atoms. The number of fused-ring (bicyclic) bond motifs is 5. The second kappa shape index (κ2) is 8.51. The molecule has 0 aromatic heterocycles. The van der Waals surface area contributed by atoms with Crippen LogP contribution < -0.4 is 0 Å². The number of hydrogen-bond donors (Lipinski definition) is 0. The van der Waals surface area contributed by atoms with Crippen molar-refractivity contribution in [2.45, 2.75) is 78.4 Å². The quantitative estimate of drug-likeness (QED) is 0.412. The molecule has 0 aromatic carbocycles. The summed E-state index contributed by atoms with van der Waals surface area (Å²) in [5.41, 5.74) is 1.41. The molecular weight excluding hydrogens is 396 g/mol. The zero-order valence-electron chi connectivity index (χ0n) is 19.2. The van der Waals surface area contributed by atoms with E-state index in [-0.39, 0.29) is 23.0 Å². The van der Waals surface area contributed by atoms with Crippen molar-refractivity contribution < 1.29 is 28.5 Å². The maximum Gasteiger partial charge on any atom is 0.509 e. The van der Waals surface area contributed by atoms with E-state index in [1.807, 2.05) is 6.08 Å². The van der Waals surface area contributed by atoms with Gasteiger partial charge in [-0.05, 0) is 82.3 Å². The maximum atomic E-state index is 12.0. The molecule has 3 fully saturated rings. The molecule has 6 nitrogen and oxygen atoms in total. The summed E-state index contributed by atoms with van der Waals surface area (Å²) in [4.78, 5) is 23.7. The Labute approximate surface area is 185 Å². The molecule has 2 unspecified atom stereocenters. The van der Waals surface area contributed by atoms with Gasteiger partial charge < -0.3 is 18.9 Å². The van der Waals surface area contributed by atoms with Crippen molar-refractivity contribution in [2.75, 3.05) is 13.2 Å². The summed E-state index contributed by atoms with van der Waals surface area (Å²) in [5, 5.41) is 0. The molecule has 0 amide bonds. The van der Waals surface area contributed by atoms with E-state index >= 15 is 0 Å². The van der Waals surface area contributed by atoms with E-state index in [1.165, 1.54) is 5.57 Å². The molecule has 3 saturated carbocycles. The second-order valence-corrected chi connectivity index (χ2v) is 9.93. The Balaban J connectivity index is 1.48. The number of carbonyl (C=O) groups is 2. The molecule has 4 aliphatic carbocycles. The molecule has 0 radical (unpaired) electrons. The Hall–Kier alpha value is -1.98. The van der Waals surface area contributed by atoms with Crippen LogP contribution >= 0.6 is 0 Å². The average Bonchev–Trinajstić information content (AvgIpc) is 3.05. The summed E-state index contributed by atoms with van der Waals surface area (Å²) in [6.07, 6.45) is 11.2. The highest BCUT2D eigenvalue weighted by Gasteiger charge is 2.59. The first-order valence-electron chi connectivity index (χ1n) is 11.9. The van der Waals surface area contributed by atoms with Gasteiger partial charge in [0.25, 0.3) is 0 Å². The highest BCUT2D eigenvalue weighted by Crippen LogP contribution is 2.65. The van der Waals surface area contributed by atoms with E-state index in [9.17, 15) is 9.59 Å². The van der Waals surface area contributed by atoms with Gasteiger partial charge in [-0.25, -0.2) is 9.59 Å². The van der Waals surface area contributed by atoms with Gasteiger partial charge >= 0.3 is 12.3 Å². The summed E-state index contributed by atoms with van der Waals surface area (Å²) in [6, 6.07) is 0. The molecule has 4 rings (SSSR count). The van der Waals surface area contributed by atoms with E-state index in [4.69, 9.17) is 18.9 Å². The molecule has 0 heterocycles. The Kier molecular flexibility index (Phi) is 6.10. The van der Waals surface area contributed by atoms with Crippen LogP contribution in [0.2, 0.25) is 0 Å². The number of hydrogen-bond acceptors (Lipinski definition) is 6. The standard InChI is InChI=1S/C25H36O6/c1-5-28-22(26)30-17-11-13-24(3)16(15-17)7-8-18-19-9-10-21(31-23(27)29-6-2)25(19,4)14-12-20(18)24/h11,13,15,17-21H,5-10,12,14H2,1-4H3/t17?,18-,19-,20-,21?,24-,25-/m0/s1. The summed E-state index contributed by atoms with van der Waals surface area (Å²) in [5.74, 6) is 1.74. The average molecular weight is 433 g/mol. The Morgan fingerprint density at radius 3 is 2.39 bits per heavy atom. The molecule has 6 heteroatoms.